The molecular weight excluding hydrogens is 296 g/mol. The molecule has 0 N–H and O–H groups in total. The predicted molar refractivity (Wildman–Crippen MR) is 84.0 cm³/mol. The second-order valence-corrected chi connectivity index (χ2v) is 5.52. The van der Waals surface area contributed by atoms with Crippen LogP contribution >= 0.6 is 0 Å². The molecule has 0 unspecified atom stereocenters. The van der Waals surface area contributed by atoms with Crippen molar-refractivity contribution in [3.8, 4) is 11.8 Å². The molecule has 6 heteroatoms. The van der Waals surface area contributed by atoms with Gasteiger partial charge in [-0.15, -0.1) is 0 Å². The summed E-state index contributed by atoms with van der Waals surface area (Å²) in [7, 11) is 3.30. The second-order valence-electron chi connectivity index (χ2n) is 5.52. The number of carbonyl (C=O) groups excluding carboxylic acids is 1. The Labute approximate surface area is 136 Å². The molecule has 1 saturated heterocycles. The number of ether oxygens (including phenoxy) is 3. The highest BCUT2D eigenvalue weighted by molar-refractivity contribution is 5.79. The summed E-state index contributed by atoms with van der Waals surface area (Å²) >= 11 is 0. The third-order valence-corrected chi connectivity index (χ3v) is 3.95. The third-order valence-electron chi connectivity index (χ3n) is 3.95. The molecule has 0 spiro atoms. The molecule has 1 amide bonds. The average Bonchev–Trinajstić information content (AvgIpc) is 2.97. The predicted octanol–water partition coefficient (Wildman–Crippen LogP) is 1.39. The molecular formula is C17H22N2O4. The molecule has 1 aliphatic rings. The number of benzene rings is 1. The lowest BCUT2D eigenvalue weighted by Crippen LogP contribution is -2.39. The van der Waals surface area contributed by atoms with Gasteiger partial charge in [0.2, 0.25) is 5.91 Å². The molecule has 124 valence electrons. The van der Waals surface area contributed by atoms with Gasteiger partial charge in [-0.1, -0.05) is 12.1 Å². The van der Waals surface area contributed by atoms with E-state index in [0.717, 1.165) is 12.0 Å². The van der Waals surface area contributed by atoms with Gasteiger partial charge in [-0.3, -0.25) is 4.79 Å². The number of hydrogen-bond acceptors (Lipinski definition) is 5. The molecule has 23 heavy (non-hydrogen) atoms. The molecule has 0 saturated carbocycles. The van der Waals surface area contributed by atoms with Crippen molar-refractivity contribution in [3.05, 3.63) is 29.8 Å². The maximum Gasteiger partial charge on any atom is 0.227 e. The van der Waals surface area contributed by atoms with Crippen molar-refractivity contribution in [2.75, 3.05) is 34.0 Å². The first-order chi connectivity index (χ1) is 11.2. The maximum atomic E-state index is 12.6. The first kappa shape index (κ1) is 17.3. The van der Waals surface area contributed by atoms with Crippen LogP contribution in [0.25, 0.3) is 0 Å². The Morgan fingerprint density at radius 1 is 1.43 bits per heavy atom. The van der Waals surface area contributed by atoms with Crippen molar-refractivity contribution in [3.63, 3.8) is 0 Å². The summed E-state index contributed by atoms with van der Waals surface area (Å²) in [5.41, 5.74) is 0.863. The molecule has 0 bridgehead atoms. The van der Waals surface area contributed by atoms with Crippen LogP contribution in [0.1, 0.15) is 12.0 Å². The fourth-order valence-electron chi connectivity index (χ4n) is 2.84. The van der Waals surface area contributed by atoms with Gasteiger partial charge < -0.3 is 19.1 Å². The number of carbonyl (C=O) groups is 1. The smallest absolute Gasteiger partial charge is 0.227 e. The van der Waals surface area contributed by atoms with Gasteiger partial charge in [-0.05, 0) is 24.1 Å². The van der Waals surface area contributed by atoms with Crippen molar-refractivity contribution in [2.24, 2.45) is 0 Å². The minimum Gasteiger partial charge on any atom is -0.479 e. The topological polar surface area (TPSA) is 71.8 Å². The fraction of sp³-hybridized carbons (Fsp3) is 0.529. The number of amides is 1. The zero-order chi connectivity index (χ0) is 16.7. The minimum absolute atomic E-state index is 0.00500. The highest BCUT2D eigenvalue weighted by Gasteiger charge is 2.35. The molecule has 1 aromatic carbocycles. The first-order valence-corrected chi connectivity index (χ1v) is 7.57. The van der Waals surface area contributed by atoms with E-state index >= 15 is 0 Å². The summed E-state index contributed by atoms with van der Waals surface area (Å²) in [5.74, 6) is 0.644. The third kappa shape index (κ3) is 4.68. The molecule has 1 aliphatic heterocycles. The van der Waals surface area contributed by atoms with Gasteiger partial charge in [0, 0.05) is 20.8 Å². The number of hydrogen-bond donors (Lipinski definition) is 0. The van der Waals surface area contributed by atoms with Crippen LogP contribution in [0.3, 0.4) is 0 Å². The van der Waals surface area contributed by atoms with E-state index in [2.05, 4.69) is 0 Å². The van der Waals surface area contributed by atoms with E-state index < -0.39 is 0 Å². The van der Waals surface area contributed by atoms with Crippen LogP contribution in [-0.4, -0.2) is 56.9 Å². The summed E-state index contributed by atoms with van der Waals surface area (Å²) in [6.07, 6.45) is 1.14. The van der Waals surface area contributed by atoms with Crippen LogP contribution < -0.4 is 4.74 Å². The summed E-state index contributed by atoms with van der Waals surface area (Å²) in [6, 6.07) is 9.25. The summed E-state index contributed by atoms with van der Waals surface area (Å²) < 4.78 is 15.9. The maximum absolute atomic E-state index is 12.6. The zero-order valence-electron chi connectivity index (χ0n) is 13.5. The van der Waals surface area contributed by atoms with E-state index in [9.17, 15) is 4.79 Å². The second kappa shape index (κ2) is 8.51. The van der Waals surface area contributed by atoms with E-state index in [-0.39, 0.29) is 24.7 Å². The Morgan fingerprint density at radius 3 is 2.96 bits per heavy atom. The number of likely N-dealkylation sites (tertiary alicyclic amines) is 1. The van der Waals surface area contributed by atoms with Gasteiger partial charge in [0.05, 0.1) is 25.2 Å². The number of nitrogens with zero attached hydrogens (tertiary/aromatic N) is 2. The molecule has 6 nitrogen and oxygen atoms in total. The molecule has 1 heterocycles. The first-order valence-electron chi connectivity index (χ1n) is 7.57. The lowest BCUT2D eigenvalue weighted by molar-refractivity contribution is -0.132. The van der Waals surface area contributed by atoms with Crippen molar-refractivity contribution in [2.45, 2.75) is 25.0 Å². The van der Waals surface area contributed by atoms with Crippen LogP contribution in [0.4, 0.5) is 0 Å². The quantitative estimate of drug-likeness (QED) is 0.760. The fourth-order valence-corrected chi connectivity index (χ4v) is 2.84. The van der Waals surface area contributed by atoms with Crippen LogP contribution in [-0.2, 0) is 20.7 Å². The Kier molecular flexibility index (Phi) is 6.39. The monoisotopic (exact) mass is 318 g/mol. The number of methoxy groups -OCH3 is 2. The van der Waals surface area contributed by atoms with Crippen LogP contribution in [0, 0.1) is 11.3 Å². The molecule has 0 aliphatic carbocycles. The highest BCUT2D eigenvalue weighted by Crippen LogP contribution is 2.22. The van der Waals surface area contributed by atoms with Gasteiger partial charge in [0.1, 0.15) is 11.8 Å². The molecule has 1 fully saturated rings. The van der Waals surface area contributed by atoms with E-state index in [1.165, 1.54) is 0 Å². The zero-order valence-corrected chi connectivity index (χ0v) is 13.5. The summed E-state index contributed by atoms with van der Waals surface area (Å²) in [4.78, 5) is 14.4. The molecule has 2 rings (SSSR count). The lowest BCUT2D eigenvalue weighted by atomic mass is 10.1. The van der Waals surface area contributed by atoms with Crippen LogP contribution in [0.15, 0.2) is 24.3 Å². The SMILES string of the molecule is COC[C@@H]1C[C@H](OC)CN1C(=O)Cc1cccc(OCC#N)c1. The summed E-state index contributed by atoms with van der Waals surface area (Å²) in [5, 5.41) is 8.55. The van der Waals surface area contributed by atoms with E-state index in [0.29, 0.717) is 25.3 Å². The average molecular weight is 318 g/mol. The Bertz CT molecular complexity index is 570. The largest absolute Gasteiger partial charge is 0.479 e. The van der Waals surface area contributed by atoms with E-state index in [1.807, 2.05) is 23.1 Å². The van der Waals surface area contributed by atoms with Crippen molar-refractivity contribution in [1.29, 1.82) is 5.26 Å². The van der Waals surface area contributed by atoms with Crippen LogP contribution in [0.2, 0.25) is 0 Å². The van der Waals surface area contributed by atoms with Gasteiger partial charge in [-0.25, -0.2) is 0 Å². The van der Waals surface area contributed by atoms with Gasteiger partial charge in [0.25, 0.3) is 0 Å². The van der Waals surface area contributed by atoms with E-state index in [1.54, 1.807) is 26.4 Å². The minimum atomic E-state index is -0.00500. The summed E-state index contributed by atoms with van der Waals surface area (Å²) in [6.45, 7) is 1.10. The van der Waals surface area contributed by atoms with E-state index in [4.69, 9.17) is 19.5 Å². The molecule has 2 atom stereocenters. The number of nitriles is 1. The van der Waals surface area contributed by atoms with Gasteiger partial charge >= 0.3 is 0 Å². The Balaban J connectivity index is 2.01. The normalized spacial score (nSPS) is 20.3. The standard InChI is InChI=1S/C17H22N2O4/c1-21-12-14-10-16(22-2)11-19(14)17(20)9-13-4-3-5-15(8-13)23-7-6-18/h3-5,8,14,16H,7,9-12H2,1-2H3/t14-,16-/m0/s1. The van der Waals surface area contributed by atoms with Gasteiger partial charge in [0.15, 0.2) is 6.61 Å². The van der Waals surface area contributed by atoms with Crippen molar-refractivity contribution >= 4 is 5.91 Å². The highest BCUT2D eigenvalue weighted by atomic mass is 16.5. The lowest BCUT2D eigenvalue weighted by Gasteiger charge is -2.24. The number of rotatable bonds is 7. The van der Waals surface area contributed by atoms with Crippen molar-refractivity contribution < 1.29 is 19.0 Å². The molecule has 0 aromatic heterocycles. The molecule has 1 aromatic rings. The van der Waals surface area contributed by atoms with Crippen LogP contribution in [0.5, 0.6) is 5.75 Å². The molecule has 0 radical (unpaired) electrons. The Morgan fingerprint density at radius 2 is 2.26 bits per heavy atom. The van der Waals surface area contributed by atoms with Crippen molar-refractivity contribution in [1.82, 2.24) is 4.90 Å². The van der Waals surface area contributed by atoms with Gasteiger partial charge in [-0.2, -0.15) is 5.26 Å². The Hall–Kier alpha value is -2.10.